The van der Waals surface area contributed by atoms with Gasteiger partial charge in [0.1, 0.15) is 10.6 Å². The van der Waals surface area contributed by atoms with Crippen molar-refractivity contribution in [3.8, 4) is 5.75 Å². The Morgan fingerprint density at radius 2 is 1.69 bits per heavy atom. The number of nitrogens with one attached hydrogen (secondary N) is 1. The number of methoxy groups -OCH3 is 1. The van der Waals surface area contributed by atoms with Gasteiger partial charge in [0.25, 0.3) is 15.9 Å². The van der Waals surface area contributed by atoms with Crippen LogP contribution < -0.4 is 9.46 Å². The van der Waals surface area contributed by atoms with Crippen LogP contribution in [0.1, 0.15) is 36.2 Å². The average molecular weight is 417 g/mol. The van der Waals surface area contributed by atoms with Crippen molar-refractivity contribution in [2.45, 2.75) is 32.1 Å². The molecular formula is C22H28N2O4S. The van der Waals surface area contributed by atoms with Crippen LogP contribution in [0.2, 0.25) is 0 Å². The summed E-state index contributed by atoms with van der Waals surface area (Å²) in [5.74, 6) is 0.888. The van der Waals surface area contributed by atoms with Gasteiger partial charge in [0.15, 0.2) is 0 Å². The average Bonchev–Trinajstić information content (AvgIpc) is 2.67. The van der Waals surface area contributed by atoms with Gasteiger partial charge in [0.05, 0.1) is 7.11 Å². The summed E-state index contributed by atoms with van der Waals surface area (Å²) in [5.41, 5.74) is 1.83. The topological polar surface area (TPSA) is 75.7 Å². The molecule has 2 aromatic carbocycles. The minimum atomic E-state index is -3.92. The lowest BCUT2D eigenvalue weighted by molar-refractivity contribution is 0.0623. The zero-order chi connectivity index (χ0) is 21.2. The van der Waals surface area contributed by atoms with E-state index in [1.165, 1.54) is 19.2 Å². The molecule has 0 bridgehead atoms. The number of likely N-dealkylation sites (tertiary alicyclic amines) is 1. The summed E-state index contributed by atoms with van der Waals surface area (Å²) < 4.78 is 33.8. The van der Waals surface area contributed by atoms with Gasteiger partial charge in [-0.25, -0.2) is 8.42 Å². The standard InChI is InChI=1S/C22H28N2O4S/c1-15-5-8-19(9-6-15)23-29(26,27)21-12-18(7-10-20(21)28-4)22(25)24-13-16(2)11-17(3)14-24/h5-10,12,16-17,23H,11,13-14H2,1-4H3. The molecule has 2 aromatic rings. The molecule has 6 nitrogen and oxygen atoms in total. The normalized spacial score (nSPS) is 19.7. The largest absolute Gasteiger partial charge is 0.495 e. The van der Waals surface area contributed by atoms with E-state index in [1.807, 2.05) is 24.0 Å². The van der Waals surface area contributed by atoms with Crippen LogP contribution in [0.5, 0.6) is 5.75 Å². The molecule has 1 saturated heterocycles. The highest BCUT2D eigenvalue weighted by Gasteiger charge is 2.28. The lowest BCUT2D eigenvalue weighted by atomic mass is 9.91. The number of rotatable bonds is 5. The Balaban J connectivity index is 1.92. The van der Waals surface area contributed by atoms with Crippen molar-refractivity contribution in [2.24, 2.45) is 11.8 Å². The highest BCUT2D eigenvalue weighted by atomic mass is 32.2. The molecule has 0 aromatic heterocycles. The SMILES string of the molecule is COc1ccc(C(=O)N2CC(C)CC(C)C2)cc1S(=O)(=O)Nc1ccc(C)cc1. The third-order valence-electron chi connectivity index (χ3n) is 5.16. The molecule has 29 heavy (non-hydrogen) atoms. The molecule has 0 saturated carbocycles. The second kappa shape index (κ2) is 8.45. The zero-order valence-corrected chi connectivity index (χ0v) is 18.1. The van der Waals surface area contributed by atoms with Crippen molar-refractivity contribution < 1.29 is 17.9 Å². The van der Waals surface area contributed by atoms with E-state index in [1.54, 1.807) is 18.2 Å². The number of sulfonamides is 1. The molecule has 156 valence electrons. The van der Waals surface area contributed by atoms with E-state index in [4.69, 9.17) is 4.74 Å². The maximum absolute atomic E-state index is 13.0. The molecule has 0 radical (unpaired) electrons. The summed E-state index contributed by atoms with van der Waals surface area (Å²) in [4.78, 5) is 14.8. The number of carbonyl (C=O) groups excluding carboxylic acids is 1. The second-order valence-corrected chi connectivity index (χ2v) is 9.64. The van der Waals surface area contributed by atoms with Gasteiger partial charge in [-0.3, -0.25) is 9.52 Å². The van der Waals surface area contributed by atoms with Gasteiger partial charge in [-0.15, -0.1) is 0 Å². The fraction of sp³-hybridized carbons (Fsp3) is 0.409. The van der Waals surface area contributed by atoms with Crippen LogP contribution in [0, 0.1) is 18.8 Å². The predicted octanol–water partition coefficient (Wildman–Crippen LogP) is 3.92. The number of anilines is 1. The van der Waals surface area contributed by atoms with Crippen molar-refractivity contribution in [1.29, 1.82) is 0 Å². The third kappa shape index (κ3) is 4.90. The van der Waals surface area contributed by atoms with Crippen LogP contribution >= 0.6 is 0 Å². The quantitative estimate of drug-likeness (QED) is 0.801. The molecule has 1 amide bonds. The van der Waals surface area contributed by atoms with Crippen LogP contribution in [0.4, 0.5) is 5.69 Å². The van der Waals surface area contributed by atoms with Gasteiger partial charge >= 0.3 is 0 Å². The monoisotopic (exact) mass is 416 g/mol. The molecule has 1 heterocycles. The van der Waals surface area contributed by atoms with Crippen LogP contribution in [0.25, 0.3) is 0 Å². The second-order valence-electron chi connectivity index (χ2n) is 7.99. The molecule has 7 heteroatoms. The van der Waals surface area contributed by atoms with E-state index in [0.717, 1.165) is 12.0 Å². The molecule has 1 N–H and O–H groups in total. The minimum Gasteiger partial charge on any atom is -0.495 e. The Morgan fingerprint density at radius 1 is 1.07 bits per heavy atom. The number of piperidine rings is 1. The summed E-state index contributed by atoms with van der Waals surface area (Å²) >= 11 is 0. The van der Waals surface area contributed by atoms with E-state index in [2.05, 4.69) is 18.6 Å². The Labute approximate surface area is 172 Å². The first-order valence-corrected chi connectivity index (χ1v) is 11.2. The van der Waals surface area contributed by atoms with Gasteiger partial charge in [0.2, 0.25) is 0 Å². The van der Waals surface area contributed by atoms with Crippen LogP contribution in [0.15, 0.2) is 47.4 Å². The first-order valence-electron chi connectivity index (χ1n) is 9.76. The molecule has 0 aliphatic carbocycles. The van der Waals surface area contributed by atoms with Gasteiger partial charge in [-0.05, 0) is 55.5 Å². The van der Waals surface area contributed by atoms with Crippen molar-refractivity contribution in [2.75, 3.05) is 24.9 Å². The molecule has 1 aliphatic heterocycles. The highest BCUT2D eigenvalue weighted by Crippen LogP contribution is 2.29. The van der Waals surface area contributed by atoms with E-state index < -0.39 is 10.0 Å². The summed E-state index contributed by atoms with van der Waals surface area (Å²) in [7, 11) is -2.51. The van der Waals surface area contributed by atoms with E-state index in [0.29, 0.717) is 36.2 Å². The molecular weight excluding hydrogens is 388 g/mol. The Hall–Kier alpha value is -2.54. The maximum Gasteiger partial charge on any atom is 0.265 e. The summed E-state index contributed by atoms with van der Waals surface area (Å²) in [6.07, 6.45) is 1.09. The van der Waals surface area contributed by atoms with Crippen molar-refractivity contribution in [1.82, 2.24) is 4.90 Å². The van der Waals surface area contributed by atoms with Crippen LogP contribution in [0.3, 0.4) is 0 Å². The van der Waals surface area contributed by atoms with Crippen LogP contribution in [-0.2, 0) is 10.0 Å². The molecule has 3 rings (SSSR count). The number of hydrogen-bond donors (Lipinski definition) is 1. The number of ether oxygens (including phenoxy) is 1. The summed E-state index contributed by atoms with van der Waals surface area (Å²) in [6.45, 7) is 7.55. The van der Waals surface area contributed by atoms with Crippen molar-refractivity contribution in [3.63, 3.8) is 0 Å². The van der Waals surface area contributed by atoms with Gasteiger partial charge in [-0.1, -0.05) is 31.5 Å². The van der Waals surface area contributed by atoms with Gasteiger partial charge in [0, 0.05) is 24.3 Å². The number of hydrogen-bond acceptors (Lipinski definition) is 4. The first-order chi connectivity index (χ1) is 13.7. The number of carbonyl (C=O) groups is 1. The Bertz CT molecular complexity index is 976. The third-order valence-corrected chi connectivity index (χ3v) is 6.56. The van der Waals surface area contributed by atoms with Crippen molar-refractivity contribution >= 4 is 21.6 Å². The Morgan fingerprint density at radius 3 is 2.28 bits per heavy atom. The molecule has 1 fully saturated rings. The number of amides is 1. The lowest BCUT2D eigenvalue weighted by Crippen LogP contribution is -2.42. The molecule has 0 spiro atoms. The van der Waals surface area contributed by atoms with E-state index in [-0.39, 0.29) is 16.6 Å². The van der Waals surface area contributed by atoms with Crippen LogP contribution in [-0.4, -0.2) is 39.4 Å². The van der Waals surface area contributed by atoms with Gasteiger partial charge < -0.3 is 9.64 Å². The van der Waals surface area contributed by atoms with Gasteiger partial charge in [-0.2, -0.15) is 0 Å². The smallest absolute Gasteiger partial charge is 0.265 e. The molecule has 2 atom stereocenters. The molecule has 2 unspecified atom stereocenters. The number of nitrogens with zero attached hydrogens (tertiary/aromatic N) is 1. The zero-order valence-electron chi connectivity index (χ0n) is 17.3. The molecule has 1 aliphatic rings. The summed E-state index contributed by atoms with van der Waals surface area (Å²) in [6, 6.07) is 11.6. The van der Waals surface area contributed by atoms with Crippen molar-refractivity contribution in [3.05, 3.63) is 53.6 Å². The van der Waals surface area contributed by atoms with E-state index in [9.17, 15) is 13.2 Å². The number of benzene rings is 2. The number of aryl methyl sites for hydroxylation is 1. The maximum atomic E-state index is 13.0. The van der Waals surface area contributed by atoms with E-state index >= 15 is 0 Å². The Kier molecular flexibility index (Phi) is 6.17. The highest BCUT2D eigenvalue weighted by molar-refractivity contribution is 7.92. The fourth-order valence-electron chi connectivity index (χ4n) is 3.86. The predicted molar refractivity (Wildman–Crippen MR) is 114 cm³/mol. The summed E-state index contributed by atoms with van der Waals surface area (Å²) in [5, 5.41) is 0. The first kappa shape index (κ1) is 21.2. The fourth-order valence-corrected chi connectivity index (χ4v) is 5.12. The lowest BCUT2D eigenvalue weighted by Gasteiger charge is -2.35. The minimum absolute atomic E-state index is 0.0514.